The number of aromatic nitrogens is 4. The van der Waals surface area contributed by atoms with Crippen molar-refractivity contribution in [3.8, 4) is 0 Å². The fourth-order valence-electron chi connectivity index (χ4n) is 3.10. The van der Waals surface area contributed by atoms with Crippen LogP contribution < -0.4 is 15.8 Å². The molecule has 7 heteroatoms. The van der Waals surface area contributed by atoms with Crippen LogP contribution in [-0.4, -0.2) is 40.1 Å². The van der Waals surface area contributed by atoms with Crippen molar-refractivity contribution in [2.24, 2.45) is 0 Å². The smallest absolute Gasteiger partial charge is 0.252 e. The third kappa shape index (κ3) is 3.17. The van der Waals surface area contributed by atoms with Gasteiger partial charge in [0.15, 0.2) is 0 Å². The number of H-pyrrole nitrogens is 1. The molecule has 0 amide bonds. The third-order valence-corrected chi connectivity index (χ3v) is 4.53. The van der Waals surface area contributed by atoms with Crippen molar-refractivity contribution in [1.29, 1.82) is 0 Å². The van der Waals surface area contributed by atoms with Crippen molar-refractivity contribution >= 4 is 22.8 Å². The summed E-state index contributed by atoms with van der Waals surface area (Å²) in [4.78, 5) is 29.9. The minimum Gasteiger partial charge on any atom is -0.366 e. The van der Waals surface area contributed by atoms with Gasteiger partial charge in [0.2, 0.25) is 5.95 Å². The number of nitrogens with one attached hydrogen (secondary N) is 2. The summed E-state index contributed by atoms with van der Waals surface area (Å²) < 4.78 is 0. The summed E-state index contributed by atoms with van der Waals surface area (Å²) >= 11 is 0. The van der Waals surface area contributed by atoms with Crippen LogP contribution in [0.1, 0.15) is 24.5 Å². The molecular weight excluding hydrogens is 316 g/mol. The van der Waals surface area contributed by atoms with Gasteiger partial charge >= 0.3 is 0 Å². The van der Waals surface area contributed by atoms with E-state index in [-0.39, 0.29) is 5.56 Å². The van der Waals surface area contributed by atoms with Gasteiger partial charge in [0.1, 0.15) is 5.82 Å². The Bertz CT molecular complexity index is 961. The highest BCUT2D eigenvalue weighted by atomic mass is 16.1. The van der Waals surface area contributed by atoms with Crippen LogP contribution in [0.15, 0.2) is 41.3 Å². The Morgan fingerprint density at radius 2 is 1.92 bits per heavy atom. The molecule has 0 saturated heterocycles. The highest BCUT2D eigenvalue weighted by molar-refractivity contribution is 5.75. The number of nitrogens with zero attached hydrogens (tertiary/aromatic N) is 4. The van der Waals surface area contributed by atoms with E-state index in [1.54, 1.807) is 12.3 Å². The van der Waals surface area contributed by atoms with Gasteiger partial charge < -0.3 is 10.2 Å². The highest BCUT2D eigenvalue weighted by Gasteiger charge is 2.32. The molecular formula is C18H20N6O. The lowest BCUT2D eigenvalue weighted by atomic mass is 9.78. The van der Waals surface area contributed by atoms with Gasteiger partial charge in [-0.2, -0.15) is 0 Å². The fraction of sp³-hybridized carbons (Fsp3) is 0.333. The molecule has 2 N–H and O–H groups in total. The molecule has 0 spiro atoms. The van der Waals surface area contributed by atoms with Crippen molar-refractivity contribution in [2.45, 2.75) is 24.8 Å². The van der Waals surface area contributed by atoms with E-state index in [1.807, 2.05) is 43.3 Å². The van der Waals surface area contributed by atoms with Gasteiger partial charge in [-0.05, 0) is 25.0 Å². The lowest BCUT2D eigenvalue weighted by molar-refractivity contribution is 0.366. The molecule has 3 aromatic rings. The first-order chi connectivity index (χ1) is 12.1. The summed E-state index contributed by atoms with van der Waals surface area (Å²) in [6, 6.07) is 9.75. The normalized spacial score (nSPS) is 19.4. The van der Waals surface area contributed by atoms with Crippen LogP contribution in [-0.2, 0) is 0 Å². The number of benzene rings is 1. The molecule has 0 aliphatic heterocycles. The van der Waals surface area contributed by atoms with Crippen LogP contribution in [0.25, 0.3) is 11.0 Å². The summed E-state index contributed by atoms with van der Waals surface area (Å²) in [6.07, 6.45) is 3.63. The average molecular weight is 336 g/mol. The molecule has 0 radical (unpaired) electrons. The van der Waals surface area contributed by atoms with Crippen LogP contribution >= 0.6 is 0 Å². The van der Waals surface area contributed by atoms with Crippen molar-refractivity contribution in [3.63, 3.8) is 0 Å². The van der Waals surface area contributed by atoms with E-state index < -0.39 is 0 Å². The molecule has 25 heavy (non-hydrogen) atoms. The summed E-state index contributed by atoms with van der Waals surface area (Å²) in [7, 11) is 3.73. The quantitative estimate of drug-likeness (QED) is 0.759. The molecule has 1 saturated carbocycles. The van der Waals surface area contributed by atoms with E-state index in [2.05, 4.69) is 25.3 Å². The highest BCUT2D eigenvalue weighted by Crippen LogP contribution is 2.37. The van der Waals surface area contributed by atoms with E-state index >= 15 is 0 Å². The maximum atomic E-state index is 11.8. The van der Waals surface area contributed by atoms with Crippen LogP contribution in [0.5, 0.6) is 0 Å². The zero-order valence-electron chi connectivity index (χ0n) is 14.2. The predicted octanol–water partition coefficient (Wildman–Crippen LogP) is 2.14. The Balaban J connectivity index is 1.44. The average Bonchev–Trinajstić information content (AvgIpc) is 2.57. The minimum absolute atomic E-state index is 0.106. The van der Waals surface area contributed by atoms with Gasteiger partial charge in [0, 0.05) is 32.1 Å². The van der Waals surface area contributed by atoms with Crippen molar-refractivity contribution in [2.75, 3.05) is 24.3 Å². The van der Waals surface area contributed by atoms with Gasteiger partial charge in [-0.15, -0.1) is 0 Å². The Hall–Kier alpha value is -2.96. The topological polar surface area (TPSA) is 86.8 Å². The summed E-state index contributed by atoms with van der Waals surface area (Å²) in [5, 5.41) is 3.42. The summed E-state index contributed by atoms with van der Waals surface area (Å²) in [5.41, 5.74) is 2.53. The second-order valence-corrected chi connectivity index (χ2v) is 6.64. The monoisotopic (exact) mass is 336 g/mol. The molecule has 1 aromatic carbocycles. The second kappa shape index (κ2) is 6.16. The Labute approximate surface area is 145 Å². The molecule has 0 bridgehead atoms. The van der Waals surface area contributed by atoms with E-state index in [0.29, 0.717) is 17.9 Å². The number of fused-ring (bicyclic) bond motifs is 1. The predicted molar refractivity (Wildman–Crippen MR) is 98.1 cm³/mol. The van der Waals surface area contributed by atoms with Crippen LogP contribution in [0.2, 0.25) is 0 Å². The third-order valence-electron chi connectivity index (χ3n) is 4.53. The van der Waals surface area contributed by atoms with Crippen LogP contribution in [0.4, 0.5) is 11.8 Å². The molecule has 1 aliphatic rings. The molecule has 0 unspecified atom stereocenters. The van der Waals surface area contributed by atoms with E-state index in [1.165, 1.54) is 0 Å². The SMILES string of the molecule is CN(C)c1nc(C2CC(Nc3cnc4ccccc4n3)C2)cc(=O)[nH]1. The molecule has 2 aromatic heterocycles. The van der Waals surface area contributed by atoms with E-state index in [9.17, 15) is 4.79 Å². The summed E-state index contributed by atoms with van der Waals surface area (Å²) in [6.45, 7) is 0. The lowest BCUT2D eigenvalue weighted by Gasteiger charge is -2.35. The van der Waals surface area contributed by atoms with Gasteiger partial charge in [-0.1, -0.05) is 12.1 Å². The first kappa shape index (κ1) is 15.6. The number of aromatic amines is 1. The lowest BCUT2D eigenvalue weighted by Crippen LogP contribution is -2.35. The Morgan fingerprint density at radius 1 is 1.16 bits per heavy atom. The summed E-state index contributed by atoms with van der Waals surface area (Å²) in [5.74, 6) is 1.68. The Kier molecular flexibility index (Phi) is 3.83. The number of anilines is 2. The first-order valence-corrected chi connectivity index (χ1v) is 8.35. The maximum absolute atomic E-state index is 11.8. The molecule has 1 fully saturated rings. The van der Waals surface area contributed by atoms with E-state index in [0.717, 1.165) is 35.4 Å². The molecule has 1 aliphatic carbocycles. The number of rotatable bonds is 4. The molecule has 2 heterocycles. The van der Waals surface area contributed by atoms with Gasteiger partial charge in [0.05, 0.1) is 22.9 Å². The van der Waals surface area contributed by atoms with Gasteiger partial charge in [0.25, 0.3) is 5.56 Å². The second-order valence-electron chi connectivity index (χ2n) is 6.64. The molecule has 7 nitrogen and oxygen atoms in total. The van der Waals surface area contributed by atoms with Gasteiger partial charge in [-0.3, -0.25) is 14.8 Å². The molecule has 128 valence electrons. The van der Waals surface area contributed by atoms with Gasteiger partial charge in [-0.25, -0.2) is 9.97 Å². The van der Waals surface area contributed by atoms with Crippen LogP contribution in [0, 0.1) is 0 Å². The Morgan fingerprint density at radius 3 is 2.68 bits per heavy atom. The molecule has 0 atom stereocenters. The maximum Gasteiger partial charge on any atom is 0.252 e. The van der Waals surface area contributed by atoms with Crippen molar-refractivity contribution in [1.82, 2.24) is 19.9 Å². The number of para-hydroxylation sites is 2. The van der Waals surface area contributed by atoms with Crippen molar-refractivity contribution < 1.29 is 0 Å². The fourth-order valence-corrected chi connectivity index (χ4v) is 3.10. The van der Waals surface area contributed by atoms with Crippen molar-refractivity contribution in [3.05, 3.63) is 52.6 Å². The zero-order valence-corrected chi connectivity index (χ0v) is 14.2. The minimum atomic E-state index is -0.106. The first-order valence-electron chi connectivity index (χ1n) is 8.35. The molecule has 4 rings (SSSR count). The number of hydrogen-bond acceptors (Lipinski definition) is 6. The van der Waals surface area contributed by atoms with E-state index in [4.69, 9.17) is 0 Å². The standard InChI is InChI=1S/C18H20N6O/c1-24(2)18-22-15(9-17(25)23-18)11-7-12(8-11)20-16-10-19-13-5-3-4-6-14(13)21-16/h3-6,9-12H,7-8H2,1-2H3,(H,20,21)(H,22,23,25). The largest absolute Gasteiger partial charge is 0.366 e. The zero-order chi connectivity index (χ0) is 17.4. The number of hydrogen-bond donors (Lipinski definition) is 2. The van der Waals surface area contributed by atoms with Crippen LogP contribution in [0.3, 0.4) is 0 Å².